The number of carbonyl (C=O) groups excluding carboxylic acids is 1. The lowest BCUT2D eigenvalue weighted by molar-refractivity contribution is -0.122. The fourth-order valence-electron chi connectivity index (χ4n) is 1.85. The van der Waals surface area contributed by atoms with Gasteiger partial charge in [-0.25, -0.2) is 0 Å². The van der Waals surface area contributed by atoms with E-state index in [0.717, 1.165) is 12.8 Å². The third kappa shape index (κ3) is 4.75. The smallest absolute Gasteiger partial charge is 0.236 e. The number of benzene rings is 1. The van der Waals surface area contributed by atoms with Crippen LogP contribution in [0.4, 0.5) is 0 Å². The third-order valence-corrected chi connectivity index (χ3v) is 2.98. The summed E-state index contributed by atoms with van der Waals surface area (Å²) in [6.45, 7) is 3.93. The topological polar surface area (TPSA) is 61.4 Å². The highest BCUT2D eigenvalue weighted by Gasteiger charge is 2.13. The van der Waals surface area contributed by atoms with E-state index in [9.17, 15) is 9.90 Å². The Kier molecular flexibility index (Phi) is 5.65. The zero-order chi connectivity index (χ0) is 13.5. The van der Waals surface area contributed by atoms with Crippen molar-refractivity contribution in [2.45, 2.75) is 38.8 Å². The minimum Gasteiger partial charge on any atom is -0.508 e. The van der Waals surface area contributed by atoms with Crippen LogP contribution in [-0.2, 0) is 11.2 Å². The molecule has 100 valence electrons. The van der Waals surface area contributed by atoms with E-state index in [1.165, 1.54) is 5.56 Å². The number of carbonyl (C=O) groups is 1. The molecule has 4 heteroatoms. The summed E-state index contributed by atoms with van der Waals surface area (Å²) in [5.41, 5.74) is 1.19. The van der Waals surface area contributed by atoms with Crippen molar-refractivity contribution < 1.29 is 9.90 Å². The first-order valence-electron chi connectivity index (χ1n) is 6.28. The normalized spacial score (nSPS) is 13.9. The SMILES string of the molecule is CNC(=O)C(C)NC(C)CCc1ccc(O)cc1. The van der Waals surface area contributed by atoms with E-state index in [4.69, 9.17) is 0 Å². The van der Waals surface area contributed by atoms with Gasteiger partial charge in [-0.3, -0.25) is 4.79 Å². The third-order valence-electron chi connectivity index (χ3n) is 2.98. The van der Waals surface area contributed by atoms with Crippen LogP contribution < -0.4 is 10.6 Å². The average molecular weight is 250 g/mol. The summed E-state index contributed by atoms with van der Waals surface area (Å²) in [6.07, 6.45) is 1.88. The van der Waals surface area contributed by atoms with Gasteiger partial charge in [0.15, 0.2) is 0 Å². The second-order valence-corrected chi connectivity index (χ2v) is 4.61. The molecule has 1 rings (SSSR count). The first-order chi connectivity index (χ1) is 8.52. The zero-order valence-electron chi connectivity index (χ0n) is 11.2. The number of amides is 1. The van der Waals surface area contributed by atoms with Crippen molar-refractivity contribution >= 4 is 5.91 Å². The fraction of sp³-hybridized carbons (Fsp3) is 0.500. The molecule has 3 N–H and O–H groups in total. The molecule has 0 bridgehead atoms. The van der Waals surface area contributed by atoms with E-state index in [2.05, 4.69) is 17.6 Å². The Morgan fingerprint density at radius 1 is 1.28 bits per heavy atom. The standard InChI is InChI=1S/C14H22N2O2/c1-10(16-11(2)14(18)15-3)4-5-12-6-8-13(17)9-7-12/h6-11,16-17H,4-5H2,1-3H3,(H,15,18). The molecule has 2 atom stereocenters. The molecule has 1 aromatic carbocycles. The monoisotopic (exact) mass is 250 g/mol. The quantitative estimate of drug-likeness (QED) is 0.716. The molecule has 1 aromatic rings. The van der Waals surface area contributed by atoms with Gasteiger partial charge < -0.3 is 15.7 Å². The second-order valence-electron chi connectivity index (χ2n) is 4.61. The minimum atomic E-state index is -0.176. The maximum Gasteiger partial charge on any atom is 0.236 e. The Morgan fingerprint density at radius 3 is 2.44 bits per heavy atom. The molecule has 0 saturated heterocycles. The van der Waals surface area contributed by atoms with Gasteiger partial charge in [0.05, 0.1) is 6.04 Å². The van der Waals surface area contributed by atoms with Crippen LogP contribution in [0.1, 0.15) is 25.8 Å². The molecule has 0 aliphatic carbocycles. The van der Waals surface area contributed by atoms with Crippen LogP contribution in [0.5, 0.6) is 5.75 Å². The van der Waals surface area contributed by atoms with Crippen LogP contribution in [0, 0.1) is 0 Å². The van der Waals surface area contributed by atoms with Gasteiger partial charge in [0.1, 0.15) is 5.75 Å². The maximum absolute atomic E-state index is 11.4. The van der Waals surface area contributed by atoms with Crippen molar-refractivity contribution in [1.82, 2.24) is 10.6 Å². The second kappa shape index (κ2) is 7.01. The minimum absolute atomic E-state index is 0.00600. The molecule has 0 heterocycles. The van der Waals surface area contributed by atoms with E-state index in [0.29, 0.717) is 0 Å². The van der Waals surface area contributed by atoms with E-state index in [1.54, 1.807) is 19.2 Å². The lowest BCUT2D eigenvalue weighted by Crippen LogP contribution is -2.44. The number of likely N-dealkylation sites (N-methyl/N-ethyl adjacent to an activating group) is 1. The summed E-state index contributed by atoms with van der Waals surface area (Å²) < 4.78 is 0. The Labute approximate surface area is 108 Å². The molecule has 18 heavy (non-hydrogen) atoms. The number of aromatic hydroxyl groups is 1. The van der Waals surface area contributed by atoms with Gasteiger partial charge in [0.25, 0.3) is 0 Å². The number of hydrogen-bond acceptors (Lipinski definition) is 3. The van der Waals surface area contributed by atoms with Gasteiger partial charge in [-0.2, -0.15) is 0 Å². The lowest BCUT2D eigenvalue weighted by atomic mass is 10.1. The highest BCUT2D eigenvalue weighted by Crippen LogP contribution is 2.12. The molecule has 0 saturated carbocycles. The van der Waals surface area contributed by atoms with Gasteiger partial charge >= 0.3 is 0 Å². The first-order valence-corrected chi connectivity index (χ1v) is 6.28. The highest BCUT2D eigenvalue weighted by molar-refractivity contribution is 5.80. The molecule has 0 spiro atoms. The van der Waals surface area contributed by atoms with Gasteiger partial charge in [-0.1, -0.05) is 12.1 Å². The number of nitrogens with one attached hydrogen (secondary N) is 2. The lowest BCUT2D eigenvalue weighted by Gasteiger charge is -2.18. The first kappa shape index (κ1) is 14.5. The number of rotatable bonds is 6. The molecule has 0 aliphatic rings. The maximum atomic E-state index is 11.4. The summed E-state index contributed by atoms with van der Waals surface area (Å²) >= 11 is 0. The number of hydrogen-bond donors (Lipinski definition) is 3. The van der Waals surface area contributed by atoms with Crippen molar-refractivity contribution in [3.05, 3.63) is 29.8 Å². The molecule has 0 radical (unpaired) electrons. The Bertz CT molecular complexity index is 376. The molecule has 0 aliphatic heterocycles. The fourth-order valence-corrected chi connectivity index (χ4v) is 1.85. The van der Waals surface area contributed by atoms with E-state index >= 15 is 0 Å². The van der Waals surface area contributed by atoms with Crippen molar-refractivity contribution in [2.24, 2.45) is 0 Å². The van der Waals surface area contributed by atoms with Crippen LogP contribution >= 0.6 is 0 Å². The number of aryl methyl sites for hydroxylation is 1. The van der Waals surface area contributed by atoms with Crippen LogP contribution in [0.25, 0.3) is 0 Å². The van der Waals surface area contributed by atoms with E-state index in [-0.39, 0.29) is 23.7 Å². The molecular formula is C14H22N2O2. The Hall–Kier alpha value is -1.55. The highest BCUT2D eigenvalue weighted by atomic mass is 16.3. The molecule has 4 nitrogen and oxygen atoms in total. The average Bonchev–Trinajstić information content (AvgIpc) is 2.37. The molecule has 0 fully saturated rings. The van der Waals surface area contributed by atoms with Crippen molar-refractivity contribution in [1.29, 1.82) is 0 Å². The van der Waals surface area contributed by atoms with Crippen molar-refractivity contribution in [3.8, 4) is 5.75 Å². The van der Waals surface area contributed by atoms with E-state index < -0.39 is 0 Å². The predicted octanol–water partition coefficient (Wildman–Crippen LogP) is 1.44. The summed E-state index contributed by atoms with van der Waals surface area (Å²) in [5, 5.41) is 15.1. The number of phenols is 1. The summed E-state index contributed by atoms with van der Waals surface area (Å²) in [5.74, 6) is 0.296. The van der Waals surface area contributed by atoms with Crippen LogP contribution in [0.15, 0.2) is 24.3 Å². The largest absolute Gasteiger partial charge is 0.508 e. The number of phenolic OH excluding ortho intramolecular Hbond substituents is 1. The Balaban J connectivity index is 2.34. The Morgan fingerprint density at radius 2 is 1.89 bits per heavy atom. The summed E-state index contributed by atoms with van der Waals surface area (Å²) in [7, 11) is 1.64. The van der Waals surface area contributed by atoms with Crippen molar-refractivity contribution in [2.75, 3.05) is 7.05 Å². The summed E-state index contributed by atoms with van der Waals surface area (Å²) in [4.78, 5) is 11.4. The molecule has 2 unspecified atom stereocenters. The van der Waals surface area contributed by atoms with E-state index in [1.807, 2.05) is 19.1 Å². The zero-order valence-corrected chi connectivity index (χ0v) is 11.2. The van der Waals surface area contributed by atoms with Crippen LogP contribution in [-0.4, -0.2) is 30.1 Å². The van der Waals surface area contributed by atoms with Crippen LogP contribution in [0.3, 0.4) is 0 Å². The van der Waals surface area contributed by atoms with Crippen LogP contribution in [0.2, 0.25) is 0 Å². The van der Waals surface area contributed by atoms with Gasteiger partial charge in [-0.15, -0.1) is 0 Å². The summed E-state index contributed by atoms with van der Waals surface area (Å²) in [6, 6.07) is 7.33. The van der Waals surface area contributed by atoms with Gasteiger partial charge in [0, 0.05) is 13.1 Å². The molecule has 0 aromatic heterocycles. The van der Waals surface area contributed by atoms with Gasteiger partial charge in [0.2, 0.25) is 5.91 Å². The van der Waals surface area contributed by atoms with Gasteiger partial charge in [-0.05, 0) is 44.4 Å². The molecule has 1 amide bonds. The predicted molar refractivity (Wildman–Crippen MR) is 72.6 cm³/mol. The van der Waals surface area contributed by atoms with Crippen molar-refractivity contribution in [3.63, 3.8) is 0 Å². The molecular weight excluding hydrogens is 228 g/mol.